The molecular formula is C32H49N3O. The third-order valence-corrected chi connectivity index (χ3v) is 9.76. The molecule has 1 aromatic rings. The van der Waals surface area contributed by atoms with E-state index in [4.69, 9.17) is 0 Å². The van der Waals surface area contributed by atoms with Gasteiger partial charge in [0.15, 0.2) is 0 Å². The standard InChI is InChI=1S/C32H49N3O/c1-5-6-11-30(25(2)33-3)34(4)23-29-22-26(13-14-28(29)24-36)21-27-10-7-8-12-31(27)35-19-17-32(18-20-35)15-9-16-32/h5,13-14,22,24,27,30-31,33H,1-2,6-12,15-21,23H2,3-4H3. The molecule has 4 rings (SSSR count). The largest absolute Gasteiger partial charge is 0.391 e. The van der Waals surface area contributed by atoms with E-state index in [-0.39, 0.29) is 6.04 Å². The van der Waals surface area contributed by atoms with Gasteiger partial charge in [0.1, 0.15) is 6.29 Å². The lowest BCUT2D eigenvalue weighted by atomic mass is 9.63. The molecule has 4 heteroatoms. The molecule has 2 saturated carbocycles. The van der Waals surface area contributed by atoms with Gasteiger partial charge in [-0.1, -0.05) is 50.1 Å². The second kappa shape index (κ2) is 12.6. The maximum Gasteiger partial charge on any atom is 0.150 e. The van der Waals surface area contributed by atoms with E-state index >= 15 is 0 Å². The number of likely N-dealkylation sites (N-methyl/N-ethyl adjacent to an activating group) is 2. The Bertz CT molecular complexity index is 895. The van der Waals surface area contributed by atoms with Crippen LogP contribution in [0.5, 0.6) is 0 Å². The molecule has 2 aliphatic carbocycles. The molecule has 1 saturated heterocycles. The van der Waals surface area contributed by atoms with Crippen LogP contribution in [0.4, 0.5) is 0 Å². The van der Waals surface area contributed by atoms with Crippen molar-refractivity contribution >= 4 is 6.29 Å². The molecule has 0 bridgehead atoms. The van der Waals surface area contributed by atoms with Crippen molar-refractivity contribution in [3.05, 3.63) is 59.8 Å². The van der Waals surface area contributed by atoms with Crippen molar-refractivity contribution in [3.63, 3.8) is 0 Å². The minimum Gasteiger partial charge on any atom is -0.391 e. The fourth-order valence-electron chi connectivity index (χ4n) is 7.24. The maximum atomic E-state index is 11.9. The highest BCUT2D eigenvalue weighted by Crippen LogP contribution is 2.49. The molecular weight excluding hydrogens is 442 g/mol. The molecule has 1 aromatic carbocycles. The Morgan fingerprint density at radius 2 is 1.94 bits per heavy atom. The molecule has 0 amide bonds. The number of carbonyl (C=O) groups is 1. The summed E-state index contributed by atoms with van der Waals surface area (Å²) in [6.45, 7) is 11.5. The van der Waals surface area contributed by atoms with Gasteiger partial charge < -0.3 is 10.2 Å². The van der Waals surface area contributed by atoms with Gasteiger partial charge in [0.2, 0.25) is 0 Å². The molecule has 3 unspecified atom stereocenters. The normalized spacial score (nSPS) is 24.8. The second-order valence-electron chi connectivity index (χ2n) is 11.9. The van der Waals surface area contributed by atoms with Crippen LogP contribution in [-0.4, -0.2) is 55.4 Å². The summed E-state index contributed by atoms with van der Waals surface area (Å²) in [5, 5.41) is 3.24. The topological polar surface area (TPSA) is 35.6 Å². The van der Waals surface area contributed by atoms with Gasteiger partial charge in [0, 0.05) is 36.9 Å². The third kappa shape index (κ3) is 6.31. The van der Waals surface area contributed by atoms with E-state index in [0.29, 0.717) is 5.41 Å². The summed E-state index contributed by atoms with van der Waals surface area (Å²) in [7, 11) is 4.07. The van der Waals surface area contributed by atoms with Crippen LogP contribution in [0.1, 0.15) is 92.1 Å². The fourth-order valence-corrected chi connectivity index (χ4v) is 7.24. The van der Waals surface area contributed by atoms with Gasteiger partial charge in [0.05, 0.1) is 0 Å². The zero-order valence-corrected chi connectivity index (χ0v) is 22.9. The first-order chi connectivity index (χ1) is 17.5. The molecule has 198 valence electrons. The molecule has 1 heterocycles. The first-order valence-corrected chi connectivity index (χ1v) is 14.5. The minimum atomic E-state index is 0.206. The zero-order valence-electron chi connectivity index (χ0n) is 22.9. The van der Waals surface area contributed by atoms with Crippen LogP contribution in [0, 0.1) is 11.3 Å². The van der Waals surface area contributed by atoms with Crippen LogP contribution < -0.4 is 5.32 Å². The van der Waals surface area contributed by atoms with E-state index in [1.807, 2.05) is 13.1 Å². The highest BCUT2D eigenvalue weighted by molar-refractivity contribution is 5.77. The molecule has 4 nitrogen and oxygen atoms in total. The van der Waals surface area contributed by atoms with Crippen molar-refractivity contribution in [2.24, 2.45) is 11.3 Å². The lowest BCUT2D eigenvalue weighted by Crippen LogP contribution is -2.50. The average molecular weight is 492 g/mol. The number of aldehydes is 1. The highest BCUT2D eigenvalue weighted by atomic mass is 16.1. The van der Waals surface area contributed by atoms with E-state index in [2.05, 4.69) is 53.5 Å². The van der Waals surface area contributed by atoms with Crippen molar-refractivity contribution in [2.75, 3.05) is 27.2 Å². The Labute approximate surface area is 220 Å². The van der Waals surface area contributed by atoms with E-state index < -0.39 is 0 Å². The molecule has 3 fully saturated rings. The number of allylic oxidation sites excluding steroid dienone is 1. The molecule has 0 radical (unpaired) electrons. The maximum absolute atomic E-state index is 11.9. The molecule has 1 aliphatic heterocycles. The summed E-state index contributed by atoms with van der Waals surface area (Å²) in [5.74, 6) is 0.728. The quantitative estimate of drug-likeness (QED) is 0.272. The van der Waals surface area contributed by atoms with Crippen LogP contribution in [0.15, 0.2) is 43.1 Å². The van der Waals surface area contributed by atoms with Crippen LogP contribution >= 0.6 is 0 Å². The zero-order chi connectivity index (χ0) is 25.5. The number of hydrogen-bond acceptors (Lipinski definition) is 4. The number of piperidine rings is 1. The first kappa shape index (κ1) is 27.1. The van der Waals surface area contributed by atoms with Crippen LogP contribution in [0.2, 0.25) is 0 Å². The van der Waals surface area contributed by atoms with E-state index in [9.17, 15) is 4.79 Å². The number of hydrogen-bond donors (Lipinski definition) is 1. The van der Waals surface area contributed by atoms with Gasteiger partial charge in [-0.3, -0.25) is 9.69 Å². The lowest BCUT2D eigenvalue weighted by Gasteiger charge is -2.51. The fraction of sp³-hybridized carbons (Fsp3) is 0.656. The Kier molecular flexibility index (Phi) is 9.47. The number of nitrogens with zero attached hydrogens (tertiary/aromatic N) is 2. The van der Waals surface area contributed by atoms with Gasteiger partial charge in [-0.15, -0.1) is 6.58 Å². The van der Waals surface area contributed by atoms with E-state index in [0.717, 1.165) is 60.9 Å². The van der Waals surface area contributed by atoms with Gasteiger partial charge >= 0.3 is 0 Å². The molecule has 1 spiro atoms. The number of likely N-dealkylation sites (tertiary alicyclic amines) is 1. The predicted molar refractivity (Wildman–Crippen MR) is 151 cm³/mol. The van der Waals surface area contributed by atoms with Crippen LogP contribution in [-0.2, 0) is 13.0 Å². The second-order valence-corrected chi connectivity index (χ2v) is 11.9. The first-order valence-electron chi connectivity index (χ1n) is 14.5. The van der Waals surface area contributed by atoms with Gasteiger partial charge in [-0.2, -0.15) is 0 Å². The monoisotopic (exact) mass is 491 g/mol. The molecule has 36 heavy (non-hydrogen) atoms. The summed E-state index contributed by atoms with van der Waals surface area (Å²) in [6.07, 6.45) is 18.7. The third-order valence-electron chi connectivity index (χ3n) is 9.76. The highest BCUT2D eigenvalue weighted by Gasteiger charge is 2.42. The van der Waals surface area contributed by atoms with Crippen molar-refractivity contribution in [1.82, 2.24) is 15.1 Å². The summed E-state index contributed by atoms with van der Waals surface area (Å²) < 4.78 is 0. The van der Waals surface area contributed by atoms with Crippen LogP contribution in [0.3, 0.4) is 0 Å². The van der Waals surface area contributed by atoms with Crippen molar-refractivity contribution < 1.29 is 4.79 Å². The van der Waals surface area contributed by atoms with E-state index in [1.165, 1.54) is 76.4 Å². The molecule has 0 aromatic heterocycles. The smallest absolute Gasteiger partial charge is 0.150 e. The molecule has 3 atom stereocenters. The molecule has 1 N–H and O–H groups in total. The SMILES string of the molecule is C=CCCC(C(=C)NC)N(C)Cc1cc(CC2CCCCC2N2CCC3(CCC3)CC2)ccc1C=O. The summed E-state index contributed by atoms with van der Waals surface area (Å²) >= 11 is 0. The lowest BCUT2D eigenvalue weighted by molar-refractivity contribution is -0.00527. The predicted octanol–water partition coefficient (Wildman–Crippen LogP) is 6.37. The Hall–Kier alpha value is -1.91. The number of benzene rings is 1. The summed E-state index contributed by atoms with van der Waals surface area (Å²) in [6, 6.07) is 7.52. The minimum absolute atomic E-state index is 0.206. The van der Waals surface area contributed by atoms with Gasteiger partial charge in [0.25, 0.3) is 0 Å². The number of nitrogens with one attached hydrogen (secondary N) is 1. The van der Waals surface area contributed by atoms with Crippen molar-refractivity contribution in [2.45, 2.75) is 95.7 Å². The molecule has 3 aliphatic rings. The summed E-state index contributed by atoms with van der Waals surface area (Å²) in [4.78, 5) is 17.1. The van der Waals surface area contributed by atoms with Crippen molar-refractivity contribution in [1.29, 1.82) is 0 Å². The number of carbonyl (C=O) groups excluding carboxylic acids is 1. The average Bonchev–Trinajstić information content (AvgIpc) is 2.88. The van der Waals surface area contributed by atoms with Gasteiger partial charge in [-0.05, 0) is 100 Å². The number of rotatable bonds is 12. The van der Waals surface area contributed by atoms with E-state index in [1.54, 1.807) is 0 Å². The van der Waals surface area contributed by atoms with Gasteiger partial charge in [-0.25, -0.2) is 0 Å². The Morgan fingerprint density at radius 1 is 1.19 bits per heavy atom. The Morgan fingerprint density at radius 3 is 2.58 bits per heavy atom. The van der Waals surface area contributed by atoms with Crippen LogP contribution in [0.25, 0.3) is 0 Å². The Balaban J connectivity index is 1.44. The summed E-state index contributed by atoms with van der Waals surface area (Å²) in [5.41, 5.74) is 5.07. The van der Waals surface area contributed by atoms with Crippen molar-refractivity contribution in [3.8, 4) is 0 Å².